The van der Waals surface area contributed by atoms with E-state index in [-0.39, 0.29) is 24.4 Å². The van der Waals surface area contributed by atoms with Crippen LogP contribution in [0.25, 0.3) is 0 Å². The van der Waals surface area contributed by atoms with Crippen LogP contribution in [-0.4, -0.2) is 12.0 Å². The van der Waals surface area contributed by atoms with Crippen molar-refractivity contribution in [2.75, 3.05) is 0 Å². The van der Waals surface area contributed by atoms with E-state index in [1.54, 1.807) is 6.08 Å². The summed E-state index contributed by atoms with van der Waals surface area (Å²) in [5.74, 6) is -1.76. The number of allylic oxidation sites excluding steroid dienone is 2. The second kappa shape index (κ2) is 8.88. The monoisotopic (exact) mass is 316 g/mol. The molecule has 0 bridgehead atoms. The van der Waals surface area contributed by atoms with Crippen molar-refractivity contribution in [3.05, 3.63) is 11.8 Å². The lowest BCUT2D eigenvalue weighted by atomic mass is 9.85. The van der Waals surface area contributed by atoms with Crippen molar-refractivity contribution in [3.8, 4) is 0 Å². The number of hydrogen-bond acceptors (Lipinski definition) is 1. The van der Waals surface area contributed by atoms with E-state index in [2.05, 4.69) is 27.7 Å². The Bertz CT molecular complexity index is 342. The van der Waals surface area contributed by atoms with Gasteiger partial charge in [0.2, 0.25) is 0 Å². The number of alkyl halides is 2. The molecule has 0 aliphatic heterocycles. The number of halogens is 2. The van der Waals surface area contributed by atoms with Gasteiger partial charge in [-0.3, -0.25) is 0 Å². The van der Waals surface area contributed by atoms with Gasteiger partial charge in [-0.25, -0.2) is 8.78 Å². The number of ether oxygens (including phenoxy) is 1. The van der Waals surface area contributed by atoms with Gasteiger partial charge < -0.3 is 4.74 Å². The first-order valence-electron chi connectivity index (χ1n) is 8.98. The van der Waals surface area contributed by atoms with E-state index >= 15 is 0 Å². The summed E-state index contributed by atoms with van der Waals surface area (Å²) in [6.45, 7) is 8.75. The number of hydrogen-bond donors (Lipinski definition) is 0. The fourth-order valence-electron chi connectivity index (χ4n) is 2.84. The van der Waals surface area contributed by atoms with E-state index in [4.69, 9.17) is 4.74 Å². The Morgan fingerprint density at radius 2 is 1.77 bits per heavy atom. The molecule has 0 saturated carbocycles. The van der Waals surface area contributed by atoms with Gasteiger partial charge in [-0.1, -0.05) is 59.8 Å². The molecular weight excluding hydrogens is 282 g/mol. The predicted octanol–water partition coefficient (Wildman–Crippen LogP) is 6.87. The van der Waals surface area contributed by atoms with Crippen molar-refractivity contribution < 1.29 is 13.5 Å². The molecule has 1 aliphatic carbocycles. The molecule has 0 amide bonds. The summed E-state index contributed by atoms with van der Waals surface area (Å²) in [6, 6.07) is 0. The van der Waals surface area contributed by atoms with Crippen LogP contribution in [0.5, 0.6) is 0 Å². The Balaban J connectivity index is 2.40. The summed E-state index contributed by atoms with van der Waals surface area (Å²) in [6.07, 6.45) is 10.5. The average molecular weight is 316 g/mol. The third-order valence-corrected chi connectivity index (χ3v) is 4.44. The maximum absolute atomic E-state index is 13.2. The maximum atomic E-state index is 13.2. The van der Waals surface area contributed by atoms with Crippen LogP contribution in [0.2, 0.25) is 0 Å². The summed E-state index contributed by atoms with van der Waals surface area (Å²) in [5, 5.41) is 0. The molecule has 3 heteroatoms. The van der Waals surface area contributed by atoms with Gasteiger partial charge >= 0.3 is 0 Å². The number of rotatable bonds is 9. The minimum absolute atomic E-state index is 0.0459. The third-order valence-electron chi connectivity index (χ3n) is 4.44. The van der Waals surface area contributed by atoms with Gasteiger partial charge in [0.15, 0.2) is 0 Å². The lowest BCUT2D eigenvalue weighted by Gasteiger charge is -2.34. The van der Waals surface area contributed by atoms with Gasteiger partial charge in [-0.15, -0.1) is 0 Å². The van der Waals surface area contributed by atoms with Crippen LogP contribution in [0.1, 0.15) is 91.9 Å². The fraction of sp³-hybridized carbons (Fsp3) is 0.895. The van der Waals surface area contributed by atoms with Crippen molar-refractivity contribution in [3.63, 3.8) is 0 Å². The summed E-state index contributed by atoms with van der Waals surface area (Å²) in [7, 11) is 0. The fourth-order valence-corrected chi connectivity index (χ4v) is 2.84. The van der Waals surface area contributed by atoms with Gasteiger partial charge in [0.25, 0.3) is 5.92 Å². The average Bonchev–Trinajstić information content (AvgIpc) is 2.42. The van der Waals surface area contributed by atoms with Crippen molar-refractivity contribution in [1.82, 2.24) is 0 Å². The molecule has 0 aromatic heterocycles. The summed E-state index contributed by atoms with van der Waals surface area (Å²) >= 11 is 0. The molecule has 0 fully saturated rings. The highest BCUT2D eigenvalue weighted by atomic mass is 19.3. The van der Waals surface area contributed by atoms with E-state index in [0.29, 0.717) is 6.42 Å². The normalized spacial score (nSPS) is 19.6. The highest BCUT2D eigenvalue weighted by Gasteiger charge is 2.33. The van der Waals surface area contributed by atoms with Crippen molar-refractivity contribution >= 4 is 0 Å². The summed E-state index contributed by atoms with van der Waals surface area (Å²) in [4.78, 5) is 0. The predicted molar refractivity (Wildman–Crippen MR) is 89.2 cm³/mol. The molecule has 1 atom stereocenters. The van der Waals surface area contributed by atoms with E-state index in [1.807, 2.05) is 0 Å². The van der Waals surface area contributed by atoms with Gasteiger partial charge in [0.1, 0.15) is 6.10 Å². The standard InChI is InChI=1S/C19H34F2O/c1-5-6-7-8-9-10-11-17(18(2,3)4)22-16-12-14-19(20,21)15-13-16/h12,17H,5-11,13-15H2,1-4H3. The summed E-state index contributed by atoms with van der Waals surface area (Å²) in [5.41, 5.74) is 0.0459. The molecule has 0 saturated heterocycles. The van der Waals surface area contributed by atoms with Crippen LogP contribution >= 0.6 is 0 Å². The first-order chi connectivity index (χ1) is 10.2. The topological polar surface area (TPSA) is 9.23 Å². The molecule has 1 nitrogen and oxygen atoms in total. The molecule has 130 valence electrons. The Kier molecular flexibility index (Phi) is 7.85. The smallest absolute Gasteiger partial charge is 0.252 e. The van der Waals surface area contributed by atoms with E-state index in [1.165, 1.54) is 32.1 Å². The largest absolute Gasteiger partial charge is 0.495 e. The Labute approximate surface area is 135 Å². The van der Waals surface area contributed by atoms with Crippen molar-refractivity contribution in [2.24, 2.45) is 5.41 Å². The Morgan fingerprint density at radius 1 is 1.14 bits per heavy atom. The van der Waals surface area contributed by atoms with Crippen LogP contribution in [0.15, 0.2) is 11.8 Å². The molecule has 0 heterocycles. The second-order valence-electron chi connectivity index (χ2n) is 7.76. The first-order valence-corrected chi connectivity index (χ1v) is 8.98. The zero-order valence-electron chi connectivity index (χ0n) is 14.9. The van der Waals surface area contributed by atoms with E-state index < -0.39 is 5.92 Å². The third kappa shape index (κ3) is 7.60. The summed E-state index contributed by atoms with van der Waals surface area (Å²) < 4.78 is 32.5. The zero-order valence-corrected chi connectivity index (χ0v) is 14.9. The van der Waals surface area contributed by atoms with Crippen LogP contribution in [0.4, 0.5) is 8.78 Å². The minimum atomic E-state index is -2.54. The molecular formula is C19H34F2O. The molecule has 0 aromatic carbocycles. The molecule has 22 heavy (non-hydrogen) atoms. The van der Waals surface area contributed by atoms with E-state index in [0.717, 1.165) is 18.6 Å². The highest BCUT2D eigenvalue weighted by molar-refractivity contribution is 5.03. The van der Waals surface area contributed by atoms with Crippen molar-refractivity contribution in [2.45, 2.75) is 104 Å². The van der Waals surface area contributed by atoms with Gasteiger partial charge in [0.05, 0.1) is 5.76 Å². The minimum Gasteiger partial charge on any atom is -0.495 e. The molecule has 0 spiro atoms. The molecule has 0 radical (unpaired) electrons. The maximum Gasteiger partial charge on any atom is 0.252 e. The van der Waals surface area contributed by atoms with Crippen LogP contribution in [-0.2, 0) is 4.74 Å². The molecule has 0 N–H and O–H groups in total. The zero-order chi connectivity index (χ0) is 16.6. The number of unbranched alkanes of at least 4 members (excludes halogenated alkanes) is 5. The highest BCUT2D eigenvalue weighted by Crippen LogP contribution is 2.36. The van der Waals surface area contributed by atoms with Crippen LogP contribution in [0, 0.1) is 5.41 Å². The molecule has 0 aromatic rings. The van der Waals surface area contributed by atoms with E-state index in [9.17, 15) is 8.78 Å². The van der Waals surface area contributed by atoms with Crippen molar-refractivity contribution in [1.29, 1.82) is 0 Å². The Hall–Kier alpha value is -0.600. The quantitative estimate of drug-likeness (QED) is 0.422. The lowest BCUT2D eigenvalue weighted by molar-refractivity contribution is -0.0330. The van der Waals surface area contributed by atoms with Gasteiger partial charge in [0, 0.05) is 19.3 Å². The lowest BCUT2D eigenvalue weighted by Crippen LogP contribution is -2.30. The van der Waals surface area contributed by atoms with Crippen LogP contribution in [0.3, 0.4) is 0 Å². The molecule has 1 aliphatic rings. The SMILES string of the molecule is CCCCCCCCC(OC1=CCC(F)(F)CC1)C(C)(C)C. The van der Waals surface area contributed by atoms with Crippen LogP contribution < -0.4 is 0 Å². The first kappa shape index (κ1) is 19.4. The molecule has 1 rings (SSSR count). The Morgan fingerprint density at radius 3 is 2.32 bits per heavy atom. The van der Waals surface area contributed by atoms with Gasteiger partial charge in [-0.05, 0) is 24.3 Å². The van der Waals surface area contributed by atoms with Gasteiger partial charge in [-0.2, -0.15) is 0 Å². The molecule has 1 unspecified atom stereocenters. The second-order valence-corrected chi connectivity index (χ2v) is 7.76.